The first-order chi connectivity index (χ1) is 16.4. The van der Waals surface area contributed by atoms with Gasteiger partial charge in [-0.25, -0.2) is 0 Å². The Hall–Kier alpha value is -2.82. The van der Waals surface area contributed by atoms with E-state index in [4.69, 9.17) is 14.2 Å². The van der Waals surface area contributed by atoms with Gasteiger partial charge >= 0.3 is 0 Å². The Balaban J connectivity index is 1.09. The monoisotopic (exact) mass is 443 g/mol. The quantitative estimate of drug-likeness (QED) is 0.413. The molecule has 0 radical (unpaired) electrons. The molecule has 0 aromatic heterocycles. The molecule has 0 spiro atoms. The SMILES string of the molecule is c1ccc(C2(CCCCNCCCc3cccc4c3OCCO4)OCc3ccccc32)cc1. The summed E-state index contributed by atoms with van der Waals surface area (Å²) >= 11 is 0. The molecule has 4 nitrogen and oxygen atoms in total. The van der Waals surface area contributed by atoms with Gasteiger partial charge in [-0.2, -0.15) is 0 Å². The number of nitrogens with one attached hydrogen (secondary N) is 1. The van der Waals surface area contributed by atoms with Crippen LogP contribution in [0.1, 0.15) is 47.9 Å². The summed E-state index contributed by atoms with van der Waals surface area (Å²) in [5.74, 6) is 1.82. The van der Waals surface area contributed by atoms with Gasteiger partial charge in [-0.15, -0.1) is 0 Å². The standard InChI is InChI=1S/C29H33NO3/c1-2-13-25(14-3-1)29(26-15-5-4-10-24(26)22-33-29)17-6-7-18-30-19-9-12-23-11-8-16-27-28(23)32-21-20-31-27/h1-5,8,10-11,13-16,30H,6-7,9,12,17-22H2. The molecular weight excluding hydrogens is 410 g/mol. The number of ether oxygens (including phenoxy) is 3. The van der Waals surface area contributed by atoms with E-state index in [0.29, 0.717) is 19.8 Å². The molecule has 3 aromatic carbocycles. The Morgan fingerprint density at radius 3 is 2.52 bits per heavy atom. The summed E-state index contributed by atoms with van der Waals surface area (Å²) in [5, 5.41) is 3.62. The lowest BCUT2D eigenvalue weighted by atomic mass is 9.82. The maximum Gasteiger partial charge on any atom is 0.164 e. The molecule has 33 heavy (non-hydrogen) atoms. The van der Waals surface area contributed by atoms with E-state index in [1.165, 1.54) is 22.3 Å². The van der Waals surface area contributed by atoms with Crippen molar-refractivity contribution in [3.8, 4) is 11.5 Å². The minimum absolute atomic E-state index is 0.313. The average Bonchev–Trinajstić information content (AvgIpc) is 3.26. The predicted molar refractivity (Wildman–Crippen MR) is 131 cm³/mol. The van der Waals surface area contributed by atoms with Crippen molar-refractivity contribution in [2.45, 2.75) is 44.3 Å². The first kappa shape index (κ1) is 22.0. The summed E-state index contributed by atoms with van der Waals surface area (Å²) < 4.78 is 18.0. The van der Waals surface area contributed by atoms with Gasteiger partial charge in [-0.3, -0.25) is 0 Å². The van der Waals surface area contributed by atoms with Crippen LogP contribution in [0.2, 0.25) is 0 Å². The highest BCUT2D eigenvalue weighted by atomic mass is 16.6. The number of para-hydroxylation sites is 1. The number of rotatable bonds is 10. The molecule has 0 bridgehead atoms. The number of aryl methyl sites for hydroxylation is 1. The maximum atomic E-state index is 6.49. The Kier molecular flexibility index (Phi) is 6.94. The first-order valence-electron chi connectivity index (χ1n) is 12.2. The zero-order valence-corrected chi connectivity index (χ0v) is 19.2. The average molecular weight is 444 g/mol. The van der Waals surface area contributed by atoms with Gasteiger partial charge in [-0.05, 0) is 73.5 Å². The number of hydrogen-bond donors (Lipinski definition) is 1. The Bertz CT molecular complexity index is 1050. The van der Waals surface area contributed by atoms with E-state index in [1.54, 1.807) is 0 Å². The molecule has 1 atom stereocenters. The fraction of sp³-hybridized carbons (Fsp3) is 0.379. The molecule has 2 aliphatic heterocycles. The van der Waals surface area contributed by atoms with Crippen LogP contribution in [-0.2, 0) is 23.4 Å². The van der Waals surface area contributed by atoms with Crippen molar-refractivity contribution in [2.75, 3.05) is 26.3 Å². The molecule has 172 valence electrons. The number of benzene rings is 3. The third kappa shape index (κ3) is 4.78. The van der Waals surface area contributed by atoms with Crippen LogP contribution in [0, 0.1) is 0 Å². The molecule has 3 aromatic rings. The van der Waals surface area contributed by atoms with Crippen molar-refractivity contribution in [1.29, 1.82) is 0 Å². The molecule has 0 amide bonds. The Morgan fingerprint density at radius 2 is 1.58 bits per heavy atom. The Morgan fingerprint density at radius 1 is 0.758 bits per heavy atom. The van der Waals surface area contributed by atoms with Gasteiger partial charge in [0.05, 0.1) is 6.61 Å². The molecule has 4 heteroatoms. The second kappa shape index (κ2) is 10.4. The van der Waals surface area contributed by atoms with Crippen LogP contribution < -0.4 is 14.8 Å². The molecular formula is C29H33NO3. The predicted octanol–water partition coefficient (Wildman–Crippen LogP) is 5.62. The van der Waals surface area contributed by atoms with Crippen LogP contribution in [-0.4, -0.2) is 26.3 Å². The second-order valence-electron chi connectivity index (χ2n) is 8.89. The molecule has 0 saturated heterocycles. The van der Waals surface area contributed by atoms with Crippen LogP contribution >= 0.6 is 0 Å². The fourth-order valence-corrected chi connectivity index (χ4v) is 5.10. The summed E-state index contributed by atoms with van der Waals surface area (Å²) in [6.45, 7) is 4.01. The Labute approximate surface area is 196 Å². The lowest BCUT2D eigenvalue weighted by Gasteiger charge is -2.30. The van der Waals surface area contributed by atoms with Gasteiger partial charge in [0, 0.05) is 0 Å². The fourth-order valence-electron chi connectivity index (χ4n) is 5.10. The molecule has 1 N–H and O–H groups in total. The molecule has 2 aliphatic rings. The summed E-state index contributed by atoms with van der Waals surface area (Å²) in [4.78, 5) is 0. The summed E-state index contributed by atoms with van der Waals surface area (Å²) in [6, 6.07) is 25.6. The van der Waals surface area contributed by atoms with Crippen molar-refractivity contribution >= 4 is 0 Å². The zero-order valence-electron chi connectivity index (χ0n) is 19.2. The van der Waals surface area contributed by atoms with Crippen molar-refractivity contribution in [3.05, 3.63) is 95.1 Å². The van der Waals surface area contributed by atoms with Crippen molar-refractivity contribution in [3.63, 3.8) is 0 Å². The third-order valence-electron chi connectivity index (χ3n) is 6.75. The van der Waals surface area contributed by atoms with E-state index in [2.05, 4.69) is 72.0 Å². The number of hydrogen-bond acceptors (Lipinski definition) is 4. The number of fused-ring (bicyclic) bond motifs is 2. The van der Waals surface area contributed by atoms with E-state index in [-0.39, 0.29) is 5.60 Å². The normalized spacial score (nSPS) is 18.8. The molecule has 2 heterocycles. The topological polar surface area (TPSA) is 39.7 Å². The van der Waals surface area contributed by atoms with Crippen LogP contribution in [0.4, 0.5) is 0 Å². The highest BCUT2D eigenvalue weighted by Crippen LogP contribution is 2.45. The largest absolute Gasteiger partial charge is 0.486 e. The minimum atomic E-state index is -0.313. The van der Waals surface area contributed by atoms with Gasteiger partial charge in [-0.1, -0.05) is 66.7 Å². The molecule has 1 unspecified atom stereocenters. The van der Waals surface area contributed by atoms with E-state index >= 15 is 0 Å². The van der Waals surface area contributed by atoms with E-state index < -0.39 is 0 Å². The van der Waals surface area contributed by atoms with Crippen molar-refractivity contribution in [2.24, 2.45) is 0 Å². The van der Waals surface area contributed by atoms with E-state index in [0.717, 1.165) is 56.7 Å². The van der Waals surface area contributed by atoms with E-state index in [1.807, 2.05) is 6.07 Å². The molecule has 0 aliphatic carbocycles. The smallest absolute Gasteiger partial charge is 0.164 e. The van der Waals surface area contributed by atoms with Gasteiger partial charge < -0.3 is 19.5 Å². The van der Waals surface area contributed by atoms with Crippen LogP contribution in [0.15, 0.2) is 72.8 Å². The van der Waals surface area contributed by atoms with Crippen LogP contribution in [0.3, 0.4) is 0 Å². The lowest BCUT2D eigenvalue weighted by molar-refractivity contribution is -0.0133. The van der Waals surface area contributed by atoms with Crippen LogP contribution in [0.5, 0.6) is 11.5 Å². The highest BCUT2D eigenvalue weighted by Gasteiger charge is 2.40. The van der Waals surface area contributed by atoms with Crippen LogP contribution in [0.25, 0.3) is 0 Å². The number of unbranched alkanes of at least 4 members (excludes halogenated alkanes) is 1. The van der Waals surface area contributed by atoms with E-state index in [9.17, 15) is 0 Å². The second-order valence-corrected chi connectivity index (χ2v) is 8.89. The highest BCUT2D eigenvalue weighted by molar-refractivity contribution is 5.47. The summed E-state index contributed by atoms with van der Waals surface area (Å²) in [6.07, 6.45) is 5.35. The summed E-state index contributed by atoms with van der Waals surface area (Å²) in [7, 11) is 0. The van der Waals surface area contributed by atoms with Crippen molar-refractivity contribution < 1.29 is 14.2 Å². The minimum Gasteiger partial charge on any atom is -0.486 e. The van der Waals surface area contributed by atoms with Gasteiger partial charge in [0.2, 0.25) is 0 Å². The summed E-state index contributed by atoms with van der Waals surface area (Å²) in [5.41, 5.74) is 4.85. The molecule has 0 saturated carbocycles. The first-order valence-corrected chi connectivity index (χ1v) is 12.2. The lowest BCUT2D eigenvalue weighted by Crippen LogP contribution is -2.27. The van der Waals surface area contributed by atoms with Gasteiger partial charge in [0.1, 0.15) is 18.8 Å². The molecule has 0 fully saturated rings. The zero-order chi connectivity index (χ0) is 22.3. The van der Waals surface area contributed by atoms with Crippen molar-refractivity contribution in [1.82, 2.24) is 5.32 Å². The third-order valence-corrected chi connectivity index (χ3v) is 6.75. The van der Waals surface area contributed by atoms with Gasteiger partial charge in [0.15, 0.2) is 11.5 Å². The van der Waals surface area contributed by atoms with Gasteiger partial charge in [0.25, 0.3) is 0 Å². The maximum absolute atomic E-state index is 6.49. The molecule has 5 rings (SSSR count).